The van der Waals surface area contributed by atoms with Crippen molar-refractivity contribution in [1.29, 1.82) is 0 Å². The van der Waals surface area contributed by atoms with Crippen LogP contribution in [-0.2, 0) is 9.53 Å². The van der Waals surface area contributed by atoms with Gasteiger partial charge in [-0.1, -0.05) is 60.8 Å². The fraction of sp³-hybridized carbons (Fsp3) is 0.952. The van der Waals surface area contributed by atoms with Gasteiger partial charge >= 0.3 is 5.97 Å². The molecule has 0 aromatic rings. The maximum absolute atomic E-state index is 12.8. The van der Waals surface area contributed by atoms with Crippen LogP contribution >= 0.6 is 0 Å². The number of ether oxygens (including phenoxy) is 1. The number of hydrogen-bond acceptors (Lipinski definition) is 2. The van der Waals surface area contributed by atoms with Crippen LogP contribution in [0.15, 0.2) is 0 Å². The van der Waals surface area contributed by atoms with Gasteiger partial charge in [-0.25, -0.2) is 0 Å². The quantitative estimate of drug-likeness (QED) is 0.572. The van der Waals surface area contributed by atoms with Gasteiger partial charge in [0.15, 0.2) is 0 Å². The highest BCUT2D eigenvalue weighted by Gasteiger charge is 2.42. The van der Waals surface area contributed by atoms with Crippen LogP contribution in [0.4, 0.5) is 0 Å². The first-order chi connectivity index (χ1) is 10.6. The van der Waals surface area contributed by atoms with Gasteiger partial charge in [0.05, 0.1) is 5.41 Å². The molecule has 0 amide bonds. The van der Waals surface area contributed by atoms with E-state index in [9.17, 15) is 4.79 Å². The third-order valence-electron chi connectivity index (χ3n) is 5.86. The summed E-state index contributed by atoms with van der Waals surface area (Å²) in [6.45, 7) is 19.0. The Hall–Kier alpha value is -0.570. The molecule has 1 aliphatic rings. The second kappa shape index (κ2) is 11.1. The van der Waals surface area contributed by atoms with Crippen LogP contribution in [0.1, 0.15) is 101 Å². The number of hydrogen-bond donors (Lipinski definition) is 0. The van der Waals surface area contributed by atoms with E-state index in [2.05, 4.69) is 48.5 Å². The fourth-order valence-electron chi connectivity index (χ4n) is 3.54. The minimum absolute atomic E-state index is 0. The number of esters is 1. The Balaban J connectivity index is 0. The molecular formula is C21H44O3. The fourth-order valence-corrected chi connectivity index (χ4v) is 3.54. The van der Waals surface area contributed by atoms with Gasteiger partial charge < -0.3 is 10.2 Å². The summed E-state index contributed by atoms with van der Waals surface area (Å²) in [7, 11) is 0. The molecule has 0 saturated heterocycles. The summed E-state index contributed by atoms with van der Waals surface area (Å²) in [6, 6.07) is 0. The molecule has 1 atom stereocenters. The van der Waals surface area contributed by atoms with Crippen LogP contribution in [0.5, 0.6) is 0 Å². The molecular weight excluding hydrogens is 300 g/mol. The molecule has 0 radical (unpaired) electrons. The van der Waals surface area contributed by atoms with Crippen LogP contribution in [0.25, 0.3) is 0 Å². The van der Waals surface area contributed by atoms with Crippen molar-refractivity contribution in [2.75, 3.05) is 0 Å². The van der Waals surface area contributed by atoms with E-state index in [1.54, 1.807) is 0 Å². The van der Waals surface area contributed by atoms with E-state index in [1.165, 1.54) is 25.7 Å². The Morgan fingerprint density at radius 3 is 1.92 bits per heavy atom. The van der Waals surface area contributed by atoms with E-state index in [1.807, 2.05) is 13.8 Å². The van der Waals surface area contributed by atoms with Crippen molar-refractivity contribution in [3.05, 3.63) is 0 Å². The molecule has 0 aliphatic heterocycles. The standard InChI is InChI=1S/C19H36O2.C2H6.H2O/c1-8-13-19(7,14(2)3)17(20)21-18(5,6)16-11-9-15(4)10-12-16;1-2;/h14-16H,8-13H2,1-7H3;1-2H3;1H2. The molecule has 24 heavy (non-hydrogen) atoms. The first-order valence-electron chi connectivity index (χ1n) is 9.87. The largest absolute Gasteiger partial charge is 0.459 e. The maximum Gasteiger partial charge on any atom is 0.312 e. The lowest BCUT2D eigenvalue weighted by Gasteiger charge is -2.41. The van der Waals surface area contributed by atoms with Crippen molar-refractivity contribution in [1.82, 2.24) is 0 Å². The van der Waals surface area contributed by atoms with Gasteiger partial charge in [0, 0.05) is 0 Å². The number of carbonyl (C=O) groups excluding carboxylic acids is 1. The monoisotopic (exact) mass is 344 g/mol. The second-order valence-corrected chi connectivity index (χ2v) is 8.27. The smallest absolute Gasteiger partial charge is 0.312 e. The normalized spacial score (nSPS) is 23.4. The van der Waals surface area contributed by atoms with Crippen molar-refractivity contribution < 1.29 is 15.0 Å². The zero-order valence-corrected chi connectivity index (χ0v) is 17.8. The number of carbonyl (C=O) groups is 1. The van der Waals surface area contributed by atoms with Crippen LogP contribution in [-0.4, -0.2) is 17.0 Å². The first kappa shape index (κ1) is 25.7. The van der Waals surface area contributed by atoms with Gasteiger partial charge in [-0.05, 0) is 57.8 Å². The van der Waals surface area contributed by atoms with Gasteiger partial charge in [0.1, 0.15) is 5.60 Å². The Kier molecular flexibility index (Phi) is 11.9. The van der Waals surface area contributed by atoms with E-state index < -0.39 is 0 Å². The molecule has 0 aromatic heterocycles. The molecule has 3 heteroatoms. The van der Waals surface area contributed by atoms with Crippen molar-refractivity contribution in [3.63, 3.8) is 0 Å². The van der Waals surface area contributed by atoms with Crippen LogP contribution in [0, 0.1) is 23.2 Å². The SMILES string of the molecule is CC.CCCC(C)(C(=O)OC(C)(C)C1CCC(C)CC1)C(C)C.O. The zero-order chi connectivity index (χ0) is 18.3. The van der Waals surface area contributed by atoms with Crippen molar-refractivity contribution in [3.8, 4) is 0 Å². The van der Waals surface area contributed by atoms with Gasteiger partial charge in [0.2, 0.25) is 0 Å². The highest BCUT2D eigenvalue weighted by Crippen LogP contribution is 2.40. The zero-order valence-electron chi connectivity index (χ0n) is 17.8. The third kappa shape index (κ3) is 6.74. The van der Waals surface area contributed by atoms with E-state index in [0.717, 1.165) is 18.8 Å². The van der Waals surface area contributed by atoms with Crippen molar-refractivity contribution in [2.24, 2.45) is 23.2 Å². The average Bonchev–Trinajstić information content (AvgIpc) is 2.49. The lowest BCUT2D eigenvalue weighted by atomic mass is 9.73. The molecule has 146 valence electrons. The van der Waals surface area contributed by atoms with Gasteiger partial charge in [-0.15, -0.1) is 0 Å². The van der Waals surface area contributed by atoms with E-state index in [0.29, 0.717) is 11.8 Å². The molecule has 0 aromatic carbocycles. The minimum atomic E-state index is -0.353. The van der Waals surface area contributed by atoms with Gasteiger partial charge in [-0.2, -0.15) is 0 Å². The second-order valence-electron chi connectivity index (χ2n) is 8.27. The highest BCUT2D eigenvalue weighted by molar-refractivity contribution is 5.77. The Morgan fingerprint density at radius 2 is 1.54 bits per heavy atom. The third-order valence-corrected chi connectivity index (χ3v) is 5.86. The highest BCUT2D eigenvalue weighted by atomic mass is 16.6. The van der Waals surface area contributed by atoms with Gasteiger partial charge in [0.25, 0.3) is 0 Å². The Bertz CT molecular complexity index is 341. The summed E-state index contributed by atoms with van der Waals surface area (Å²) in [4.78, 5) is 12.8. The van der Waals surface area contributed by atoms with E-state index in [-0.39, 0.29) is 22.5 Å². The predicted octanol–water partition coefficient (Wildman–Crippen LogP) is 5.80. The molecule has 3 nitrogen and oxygen atoms in total. The summed E-state index contributed by atoms with van der Waals surface area (Å²) < 4.78 is 6.05. The lowest BCUT2D eigenvalue weighted by molar-refractivity contribution is -0.178. The molecule has 0 spiro atoms. The molecule has 1 rings (SSSR count). The molecule has 0 bridgehead atoms. The summed E-state index contributed by atoms with van der Waals surface area (Å²) in [5.41, 5.74) is -0.685. The molecule has 1 saturated carbocycles. The first-order valence-corrected chi connectivity index (χ1v) is 9.87. The topological polar surface area (TPSA) is 57.8 Å². The Morgan fingerprint density at radius 1 is 1.08 bits per heavy atom. The minimum Gasteiger partial charge on any atom is -0.459 e. The predicted molar refractivity (Wildman–Crippen MR) is 104 cm³/mol. The average molecular weight is 345 g/mol. The van der Waals surface area contributed by atoms with Crippen molar-refractivity contribution in [2.45, 2.75) is 106 Å². The van der Waals surface area contributed by atoms with Crippen molar-refractivity contribution >= 4 is 5.97 Å². The summed E-state index contributed by atoms with van der Waals surface area (Å²) in [5.74, 6) is 1.65. The Labute approximate surface area is 151 Å². The summed E-state index contributed by atoms with van der Waals surface area (Å²) in [6.07, 6.45) is 6.83. The van der Waals surface area contributed by atoms with Crippen LogP contribution < -0.4 is 0 Å². The van der Waals surface area contributed by atoms with E-state index >= 15 is 0 Å². The lowest BCUT2D eigenvalue weighted by Crippen LogP contribution is -2.44. The van der Waals surface area contributed by atoms with E-state index in [4.69, 9.17) is 4.74 Å². The number of rotatable bonds is 6. The van der Waals surface area contributed by atoms with Crippen LogP contribution in [0.2, 0.25) is 0 Å². The molecule has 2 N–H and O–H groups in total. The summed E-state index contributed by atoms with van der Waals surface area (Å²) >= 11 is 0. The van der Waals surface area contributed by atoms with Gasteiger partial charge in [-0.3, -0.25) is 4.79 Å². The summed E-state index contributed by atoms with van der Waals surface area (Å²) in [5, 5.41) is 0. The van der Waals surface area contributed by atoms with Crippen LogP contribution in [0.3, 0.4) is 0 Å². The molecule has 1 fully saturated rings. The molecule has 0 heterocycles. The maximum atomic E-state index is 12.8. The molecule has 1 unspecified atom stereocenters. The molecule has 1 aliphatic carbocycles.